The average Bonchev–Trinajstić information content (AvgIpc) is 2.53. The molecule has 13 heavy (non-hydrogen) atoms. The van der Waals surface area contributed by atoms with Gasteiger partial charge in [-0.15, -0.1) is 5.10 Å². The minimum Gasteiger partial charge on any atom is -0.249 e. The smallest absolute Gasteiger partial charge is 0.0796 e. The molecule has 1 heterocycles. The van der Waals surface area contributed by atoms with Crippen LogP contribution in [0.5, 0.6) is 0 Å². The fraction of sp³-hybridized carbons (Fsp3) is 0.800. The van der Waals surface area contributed by atoms with Gasteiger partial charge in [-0.1, -0.05) is 12.1 Å². The van der Waals surface area contributed by atoms with E-state index in [0.717, 1.165) is 11.6 Å². The van der Waals surface area contributed by atoms with E-state index in [0.29, 0.717) is 6.04 Å². The van der Waals surface area contributed by atoms with Gasteiger partial charge < -0.3 is 0 Å². The molecule has 1 aliphatic carbocycles. The molecule has 3 nitrogen and oxygen atoms in total. The van der Waals surface area contributed by atoms with E-state index in [1.165, 1.54) is 25.7 Å². The van der Waals surface area contributed by atoms with Crippen molar-refractivity contribution in [2.24, 2.45) is 5.92 Å². The van der Waals surface area contributed by atoms with Crippen molar-refractivity contribution in [3.8, 4) is 0 Å². The molecule has 1 aromatic heterocycles. The first-order chi connectivity index (χ1) is 6.25. The van der Waals surface area contributed by atoms with E-state index in [-0.39, 0.29) is 0 Å². The highest BCUT2D eigenvalue weighted by atomic mass is 15.4. The van der Waals surface area contributed by atoms with Gasteiger partial charge in [0.2, 0.25) is 0 Å². The van der Waals surface area contributed by atoms with Crippen molar-refractivity contribution < 1.29 is 0 Å². The van der Waals surface area contributed by atoms with Crippen molar-refractivity contribution in [3.05, 3.63) is 11.9 Å². The van der Waals surface area contributed by atoms with Gasteiger partial charge in [-0.2, -0.15) is 0 Å². The summed E-state index contributed by atoms with van der Waals surface area (Å²) in [4.78, 5) is 0. The summed E-state index contributed by atoms with van der Waals surface area (Å²) in [6.07, 6.45) is 7.27. The fourth-order valence-electron chi connectivity index (χ4n) is 2.05. The molecule has 0 spiro atoms. The van der Waals surface area contributed by atoms with E-state index in [1.54, 1.807) is 0 Å². The van der Waals surface area contributed by atoms with Crippen LogP contribution in [-0.2, 0) is 0 Å². The molecule has 0 amide bonds. The van der Waals surface area contributed by atoms with Crippen LogP contribution in [0.2, 0.25) is 0 Å². The lowest BCUT2D eigenvalue weighted by molar-refractivity contribution is 0.270. The molecule has 0 aliphatic heterocycles. The summed E-state index contributed by atoms with van der Waals surface area (Å²) in [6, 6.07) is 0.609. The fourth-order valence-corrected chi connectivity index (χ4v) is 2.05. The van der Waals surface area contributed by atoms with Crippen LogP contribution >= 0.6 is 0 Å². The summed E-state index contributed by atoms with van der Waals surface area (Å²) in [7, 11) is 0. The van der Waals surface area contributed by atoms with Gasteiger partial charge in [-0.05, 0) is 38.5 Å². The van der Waals surface area contributed by atoms with Crippen molar-refractivity contribution >= 4 is 0 Å². The van der Waals surface area contributed by atoms with Gasteiger partial charge in [0.1, 0.15) is 0 Å². The van der Waals surface area contributed by atoms with Crippen LogP contribution in [0.1, 0.15) is 44.3 Å². The number of rotatable bonds is 1. The molecule has 0 radical (unpaired) electrons. The Hall–Kier alpha value is -0.860. The van der Waals surface area contributed by atoms with E-state index < -0.39 is 0 Å². The van der Waals surface area contributed by atoms with Crippen LogP contribution < -0.4 is 0 Å². The van der Waals surface area contributed by atoms with Crippen LogP contribution in [0.4, 0.5) is 0 Å². The zero-order chi connectivity index (χ0) is 9.26. The van der Waals surface area contributed by atoms with Gasteiger partial charge in [0.25, 0.3) is 0 Å². The Kier molecular flexibility index (Phi) is 2.34. The molecule has 0 N–H and O–H groups in total. The highest BCUT2D eigenvalue weighted by molar-refractivity contribution is 4.89. The first-order valence-electron chi connectivity index (χ1n) is 5.14. The summed E-state index contributed by atoms with van der Waals surface area (Å²) in [5.74, 6) is 0.904. The zero-order valence-electron chi connectivity index (χ0n) is 8.40. The van der Waals surface area contributed by atoms with Crippen LogP contribution in [0.15, 0.2) is 6.20 Å². The summed E-state index contributed by atoms with van der Waals surface area (Å²) >= 11 is 0. The third-order valence-electron chi connectivity index (χ3n) is 2.98. The third-order valence-corrected chi connectivity index (χ3v) is 2.98. The van der Waals surface area contributed by atoms with Crippen LogP contribution in [0, 0.1) is 12.8 Å². The molecule has 0 saturated heterocycles. The van der Waals surface area contributed by atoms with Gasteiger partial charge in [0.05, 0.1) is 11.7 Å². The molecule has 0 unspecified atom stereocenters. The molecule has 0 bridgehead atoms. The Morgan fingerprint density at radius 1 is 1.31 bits per heavy atom. The van der Waals surface area contributed by atoms with E-state index in [4.69, 9.17) is 0 Å². The maximum atomic E-state index is 4.13. The lowest BCUT2D eigenvalue weighted by Crippen LogP contribution is -2.17. The quantitative estimate of drug-likeness (QED) is 0.662. The number of hydrogen-bond acceptors (Lipinski definition) is 2. The molecular formula is C10H17N3. The standard InChI is InChI=1S/C10H17N3/c1-8-3-5-10(6-4-8)13-7-9(2)11-12-13/h7-8,10H,3-6H2,1-2H3. The number of aryl methyl sites for hydroxylation is 1. The third kappa shape index (κ3) is 1.90. The summed E-state index contributed by atoms with van der Waals surface area (Å²) in [6.45, 7) is 4.33. The lowest BCUT2D eigenvalue weighted by atomic mass is 9.87. The maximum Gasteiger partial charge on any atom is 0.0796 e. The van der Waals surface area contributed by atoms with Gasteiger partial charge in [0, 0.05) is 6.20 Å². The molecular weight excluding hydrogens is 162 g/mol. The first kappa shape index (κ1) is 8.73. The summed E-state index contributed by atoms with van der Waals surface area (Å²) in [5.41, 5.74) is 1.03. The van der Waals surface area contributed by atoms with E-state index in [2.05, 4.69) is 23.4 Å². The largest absolute Gasteiger partial charge is 0.249 e. The molecule has 1 aliphatic rings. The minimum atomic E-state index is 0.609. The molecule has 1 fully saturated rings. The lowest BCUT2D eigenvalue weighted by Gasteiger charge is -2.25. The van der Waals surface area contributed by atoms with Crippen LogP contribution in [0.25, 0.3) is 0 Å². The SMILES string of the molecule is Cc1cn(C2CCC(C)CC2)nn1. The normalized spacial score (nSPS) is 29.1. The predicted molar refractivity (Wildman–Crippen MR) is 51.4 cm³/mol. The van der Waals surface area contributed by atoms with E-state index in [1.807, 2.05) is 11.6 Å². The first-order valence-corrected chi connectivity index (χ1v) is 5.14. The van der Waals surface area contributed by atoms with Crippen molar-refractivity contribution in [1.82, 2.24) is 15.0 Å². The second-order valence-electron chi connectivity index (χ2n) is 4.25. The highest BCUT2D eigenvalue weighted by Gasteiger charge is 2.20. The molecule has 1 aromatic rings. The summed E-state index contributed by atoms with van der Waals surface area (Å²) in [5, 5.41) is 8.15. The molecule has 0 aromatic carbocycles. The van der Waals surface area contributed by atoms with Gasteiger partial charge in [-0.25, -0.2) is 4.68 Å². The maximum absolute atomic E-state index is 4.13. The minimum absolute atomic E-state index is 0.609. The van der Waals surface area contributed by atoms with Crippen LogP contribution in [-0.4, -0.2) is 15.0 Å². The van der Waals surface area contributed by atoms with Gasteiger partial charge in [0.15, 0.2) is 0 Å². The molecule has 3 heteroatoms. The monoisotopic (exact) mass is 179 g/mol. The zero-order valence-corrected chi connectivity index (χ0v) is 8.40. The Labute approximate surface area is 79.1 Å². The predicted octanol–water partition coefficient (Wildman–Crippen LogP) is 2.34. The number of hydrogen-bond donors (Lipinski definition) is 0. The number of aromatic nitrogens is 3. The molecule has 0 atom stereocenters. The Morgan fingerprint density at radius 3 is 2.54 bits per heavy atom. The second-order valence-corrected chi connectivity index (χ2v) is 4.25. The van der Waals surface area contributed by atoms with Gasteiger partial charge >= 0.3 is 0 Å². The Bertz CT molecular complexity index is 271. The van der Waals surface area contributed by atoms with Crippen molar-refractivity contribution in [1.29, 1.82) is 0 Å². The van der Waals surface area contributed by atoms with Crippen LogP contribution in [0.3, 0.4) is 0 Å². The van der Waals surface area contributed by atoms with E-state index >= 15 is 0 Å². The Balaban J connectivity index is 2.02. The molecule has 1 saturated carbocycles. The van der Waals surface area contributed by atoms with E-state index in [9.17, 15) is 0 Å². The second kappa shape index (κ2) is 3.48. The van der Waals surface area contributed by atoms with Crippen molar-refractivity contribution in [2.75, 3.05) is 0 Å². The molecule has 72 valence electrons. The number of nitrogens with zero attached hydrogens (tertiary/aromatic N) is 3. The summed E-state index contributed by atoms with van der Waals surface area (Å²) < 4.78 is 2.04. The Morgan fingerprint density at radius 2 is 2.00 bits per heavy atom. The molecule has 2 rings (SSSR count). The van der Waals surface area contributed by atoms with Crippen molar-refractivity contribution in [3.63, 3.8) is 0 Å². The van der Waals surface area contributed by atoms with Gasteiger partial charge in [-0.3, -0.25) is 0 Å². The average molecular weight is 179 g/mol. The highest BCUT2D eigenvalue weighted by Crippen LogP contribution is 2.30. The van der Waals surface area contributed by atoms with Crippen molar-refractivity contribution in [2.45, 2.75) is 45.6 Å². The topological polar surface area (TPSA) is 30.7 Å².